The molecule has 0 radical (unpaired) electrons. The Morgan fingerprint density at radius 3 is 1.29 bits per heavy atom. The summed E-state index contributed by atoms with van der Waals surface area (Å²) in [6, 6.07) is 45.8. The summed E-state index contributed by atoms with van der Waals surface area (Å²) in [5, 5.41) is 2.60. The number of benzene rings is 7. The Morgan fingerprint density at radius 1 is 0.438 bits per heavy atom. The first-order valence-electron chi connectivity index (χ1n) is 15.6. The van der Waals surface area contributed by atoms with E-state index >= 15 is 0 Å². The molecule has 7 aromatic carbocycles. The van der Waals surface area contributed by atoms with Crippen LogP contribution in [0, 0.1) is 0 Å². The summed E-state index contributed by atoms with van der Waals surface area (Å²) in [5.74, 6) is 2.36. The molecule has 7 rings (SSSR count). The number of hydrogen-bond acceptors (Lipinski definition) is 6. The van der Waals surface area contributed by atoms with E-state index in [4.69, 9.17) is 18.9 Å². The lowest BCUT2D eigenvalue weighted by molar-refractivity contribution is 0.0726. The van der Waals surface area contributed by atoms with Crippen molar-refractivity contribution in [3.8, 4) is 34.5 Å². The second kappa shape index (κ2) is 13.5. The van der Waals surface area contributed by atoms with E-state index in [2.05, 4.69) is 6.92 Å². The Labute approximate surface area is 277 Å². The van der Waals surface area contributed by atoms with E-state index in [1.54, 1.807) is 48.5 Å². The molecule has 234 valence electrons. The van der Waals surface area contributed by atoms with Crippen LogP contribution in [0.2, 0.25) is 0 Å². The fraction of sp³-hybridized carbons (Fsp3) is 0.0476. The minimum Gasteiger partial charge on any atom is -0.457 e. The van der Waals surface area contributed by atoms with E-state index < -0.39 is 11.9 Å². The standard InChI is InChI=1S/C42H30O6/c1-2-28-17-26-37-38(27-28)40(48-42(44)30-20-24-34(25-21-30)46-32-13-7-4-8-14-32)36-16-10-9-15-35(36)39(37)47-41(43)29-18-22-33(23-19-29)45-31-11-5-3-6-12-31/h3-27H,2H2,1H3. The van der Waals surface area contributed by atoms with Crippen LogP contribution < -0.4 is 18.9 Å². The fourth-order valence-electron chi connectivity index (χ4n) is 5.46. The zero-order valence-corrected chi connectivity index (χ0v) is 26.1. The number of ether oxygens (including phenoxy) is 4. The third kappa shape index (κ3) is 6.46. The molecule has 0 atom stereocenters. The highest BCUT2D eigenvalue weighted by Gasteiger charge is 2.22. The van der Waals surface area contributed by atoms with Crippen LogP contribution in [0.5, 0.6) is 34.5 Å². The van der Waals surface area contributed by atoms with E-state index in [9.17, 15) is 9.59 Å². The minimum atomic E-state index is -0.519. The molecule has 0 N–H and O–H groups in total. The van der Waals surface area contributed by atoms with Gasteiger partial charge in [-0.15, -0.1) is 0 Å². The Bertz CT molecular complexity index is 2230. The number of hydrogen-bond donors (Lipinski definition) is 0. The number of carbonyl (C=O) groups excluding carboxylic acids is 2. The maximum atomic E-state index is 13.6. The van der Waals surface area contributed by atoms with Gasteiger partial charge in [0.05, 0.1) is 11.1 Å². The van der Waals surface area contributed by atoms with Crippen LogP contribution in [-0.2, 0) is 6.42 Å². The van der Waals surface area contributed by atoms with E-state index in [0.717, 1.165) is 12.0 Å². The lowest BCUT2D eigenvalue weighted by Gasteiger charge is -2.17. The van der Waals surface area contributed by atoms with Gasteiger partial charge in [0.25, 0.3) is 0 Å². The van der Waals surface area contributed by atoms with Crippen molar-refractivity contribution in [2.24, 2.45) is 0 Å². The number of aryl methyl sites for hydroxylation is 1. The molecule has 0 amide bonds. The summed E-state index contributed by atoms with van der Waals surface area (Å²) in [7, 11) is 0. The van der Waals surface area contributed by atoms with Gasteiger partial charge in [-0.3, -0.25) is 0 Å². The monoisotopic (exact) mass is 630 g/mol. The van der Waals surface area contributed by atoms with Crippen LogP contribution in [0.1, 0.15) is 33.2 Å². The normalized spacial score (nSPS) is 10.9. The van der Waals surface area contributed by atoms with Gasteiger partial charge in [-0.25, -0.2) is 9.59 Å². The molecule has 0 unspecified atom stereocenters. The molecule has 0 aliphatic rings. The lowest BCUT2D eigenvalue weighted by atomic mass is 9.98. The molecule has 0 aliphatic carbocycles. The summed E-state index contributed by atoms with van der Waals surface area (Å²) < 4.78 is 24.0. The second-order valence-electron chi connectivity index (χ2n) is 11.1. The van der Waals surface area contributed by atoms with Gasteiger partial charge in [-0.1, -0.05) is 79.7 Å². The van der Waals surface area contributed by atoms with Gasteiger partial charge in [-0.05, 0) is 90.8 Å². The summed E-state index contributed by atoms with van der Waals surface area (Å²) in [5.41, 5.74) is 1.78. The van der Waals surface area contributed by atoms with Crippen molar-refractivity contribution in [1.82, 2.24) is 0 Å². The largest absolute Gasteiger partial charge is 0.457 e. The fourth-order valence-corrected chi connectivity index (χ4v) is 5.46. The quantitative estimate of drug-likeness (QED) is 0.0898. The second-order valence-corrected chi connectivity index (χ2v) is 11.1. The van der Waals surface area contributed by atoms with Crippen molar-refractivity contribution in [2.45, 2.75) is 13.3 Å². The third-order valence-electron chi connectivity index (χ3n) is 7.93. The summed E-state index contributed by atoms with van der Waals surface area (Å²) in [6.45, 7) is 2.05. The average Bonchev–Trinajstić information content (AvgIpc) is 3.14. The minimum absolute atomic E-state index is 0.369. The molecular formula is C42H30O6. The van der Waals surface area contributed by atoms with Gasteiger partial charge in [-0.2, -0.15) is 0 Å². The van der Waals surface area contributed by atoms with E-state index in [1.165, 1.54) is 0 Å². The molecule has 0 aromatic heterocycles. The summed E-state index contributed by atoms with van der Waals surface area (Å²) >= 11 is 0. The highest BCUT2D eigenvalue weighted by molar-refractivity contribution is 6.14. The van der Waals surface area contributed by atoms with Crippen LogP contribution in [0.15, 0.2) is 152 Å². The Hall–Kier alpha value is -6.40. The highest BCUT2D eigenvalue weighted by Crippen LogP contribution is 2.44. The van der Waals surface area contributed by atoms with E-state index in [0.29, 0.717) is 67.2 Å². The van der Waals surface area contributed by atoms with E-state index in [-0.39, 0.29) is 0 Å². The molecule has 0 spiro atoms. The van der Waals surface area contributed by atoms with E-state index in [1.807, 2.05) is 103 Å². The van der Waals surface area contributed by atoms with Gasteiger partial charge >= 0.3 is 11.9 Å². The first kappa shape index (κ1) is 30.3. The Kier molecular flexibility index (Phi) is 8.53. The third-order valence-corrected chi connectivity index (χ3v) is 7.93. The lowest BCUT2D eigenvalue weighted by Crippen LogP contribution is -2.11. The molecule has 0 aliphatic heterocycles. The van der Waals surface area contributed by atoms with Crippen molar-refractivity contribution in [2.75, 3.05) is 0 Å². The number of esters is 2. The maximum absolute atomic E-state index is 13.6. The molecular weight excluding hydrogens is 600 g/mol. The van der Waals surface area contributed by atoms with Gasteiger partial charge < -0.3 is 18.9 Å². The molecule has 7 aromatic rings. The zero-order chi connectivity index (χ0) is 32.9. The maximum Gasteiger partial charge on any atom is 0.343 e. The molecule has 48 heavy (non-hydrogen) atoms. The Balaban J connectivity index is 1.20. The van der Waals surface area contributed by atoms with Crippen molar-refractivity contribution < 1.29 is 28.5 Å². The van der Waals surface area contributed by atoms with Crippen LogP contribution >= 0.6 is 0 Å². The predicted octanol–water partition coefficient (Wildman–Crippen LogP) is 10.6. The Morgan fingerprint density at radius 2 is 0.833 bits per heavy atom. The molecule has 6 heteroatoms. The number of carbonyl (C=O) groups is 2. The van der Waals surface area contributed by atoms with Gasteiger partial charge in [0.1, 0.15) is 34.5 Å². The first-order valence-corrected chi connectivity index (χ1v) is 15.6. The predicted molar refractivity (Wildman–Crippen MR) is 187 cm³/mol. The molecule has 0 saturated heterocycles. The molecule has 0 bridgehead atoms. The van der Waals surface area contributed by atoms with Crippen molar-refractivity contribution in [1.29, 1.82) is 0 Å². The van der Waals surface area contributed by atoms with Crippen molar-refractivity contribution >= 4 is 33.5 Å². The summed E-state index contributed by atoms with van der Waals surface area (Å²) in [4.78, 5) is 27.1. The van der Waals surface area contributed by atoms with Crippen LogP contribution in [0.4, 0.5) is 0 Å². The highest BCUT2D eigenvalue weighted by atomic mass is 16.5. The number of fused-ring (bicyclic) bond motifs is 2. The summed E-state index contributed by atoms with van der Waals surface area (Å²) in [6.07, 6.45) is 0.769. The first-order chi connectivity index (χ1) is 23.6. The van der Waals surface area contributed by atoms with Gasteiger partial charge in [0.15, 0.2) is 0 Å². The van der Waals surface area contributed by atoms with Crippen LogP contribution in [-0.4, -0.2) is 11.9 Å². The zero-order valence-electron chi connectivity index (χ0n) is 26.1. The van der Waals surface area contributed by atoms with Crippen LogP contribution in [0.3, 0.4) is 0 Å². The van der Waals surface area contributed by atoms with Crippen molar-refractivity contribution in [3.05, 3.63) is 168 Å². The SMILES string of the molecule is CCc1ccc2c(OC(=O)c3ccc(Oc4ccccc4)cc3)c3ccccc3c(OC(=O)c3ccc(Oc4ccccc4)cc3)c2c1. The molecule has 0 heterocycles. The van der Waals surface area contributed by atoms with Crippen molar-refractivity contribution in [3.63, 3.8) is 0 Å². The molecule has 0 fully saturated rings. The van der Waals surface area contributed by atoms with Gasteiger partial charge in [0.2, 0.25) is 0 Å². The number of rotatable bonds is 9. The van der Waals surface area contributed by atoms with Crippen LogP contribution in [0.25, 0.3) is 21.5 Å². The van der Waals surface area contributed by atoms with Gasteiger partial charge in [0, 0.05) is 21.5 Å². The smallest absolute Gasteiger partial charge is 0.343 e. The average molecular weight is 631 g/mol. The number of para-hydroxylation sites is 2. The topological polar surface area (TPSA) is 71.1 Å². The molecule has 6 nitrogen and oxygen atoms in total. The molecule has 0 saturated carbocycles.